The Hall–Kier alpha value is -2.74. The Bertz CT molecular complexity index is 945. The van der Waals surface area contributed by atoms with Crippen molar-refractivity contribution in [3.8, 4) is 17.1 Å². The van der Waals surface area contributed by atoms with Crippen LogP contribution in [0.2, 0.25) is 0 Å². The summed E-state index contributed by atoms with van der Waals surface area (Å²) in [5.41, 5.74) is 1.70. The number of hydrogen-bond donors (Lipinski definition) is 1. The molecule has 0 saturated heterocycles. The molecule has 8 heteroatoms. The third-order valence-corrected chi connectivity index (χ3v) is 4.51. The van der Waals surface area contributed by atoms with Crippen molar-refractivity contribution < 1.29 is 18.3 Å². The molecule has 140 valence electrons. The van der Waals surface area contributed by atoms with Gasteiger partial charge in [-0.2, -0.15) is 0 Å². The highest BCUT2D eigenvalue weighted by molar-refractivity contribution is 9.10. The Labute approximate surface area is 163 Å². The van der Waals surface area contributed by atoms with Gasteiger partial charge in [0.2, 0.25) is 0 Å². The summed E-state index contributed by atoms with van der Waals surface area (Å²) >= 11 is 3.41. The molecule has 1 aromatic carbocycles. The van der Waals surface area contributed by atoms with Gasteiger partial charge in [-0.15, -0.1) is 0 Å². The minimum absolute atomic E-state index is 0.208. The van der Waals surface area contributed by atoms with Crippen molar-refractivity contribution in [2.24, 2.45) is 0 Å². The van der Waals surface area contributed by atoms with Crippen LogP contribution in [0, 0.1) is 5.82 Å². The van der Waals surface area contributed by atoms with E-state index in [2.05, 4.69) is 31.2 Å². The summed E-state index contributed by atoms with van der Waals surface area (Å²) in [7, 11) is 1.58. The molecular formula is C19H17BrFN3O3. The lowest BCUT2D eigenvalue weighted by molar-refractivity contribution is 0.0949. The first-order valence-corrected chi connectivity index (χ1v) is 9.03. The van der Waals surface area contributed by atoms with Gasteiger partial charge in [0.1, 0.15) is 11.6 Å². The highest BCUT2D eigenvalue weighted by atomic mass is 79.9. The van der Waals surface area contributed by atoms with E-state index in [0.717, 1.165) is 16.2 Å². The number of nitrogens with one attached hydrogen (secondary N) is 1. The number of carbonyl (C=O) groups excluding carboxylic acids is 1. The number of benzene rings is 1. The first kappa shape index (κ1) is 19.0. The van der Waals surface area contributed by atoms with Gasteiger partial charge in [0, 0.05) is 18.3 Å². The van der Waals surface area contributed by atoms with Gasteiger partial charge >= 0.3 is 0 Å². The van der Waals surface area contributed by atoms with Crippen molar-refractivity contribution in [2.45, 2.75) is 12.8 Å². The maximum Gasteiger partial charge on any atom is 0.273 e. The van der Waals surface area contributed by atoms with Gasteiger partial charge in [0.05, 0.1) is 17.8 Å². The third kappa shape index (κ3) is 4.71. The molecule has 3 rings (SSSR count). The van der Waals surface area contributed by atoms with Crippen molar-refractivity contribution in [3.05, 3.63) is 64.6 Å². The lowest BCUT2D eigenvalue weighted by atomic mass is 10.1. The van der Waals surface area contributed by atoms with Crippen LogP contribution in [0.25, 0.3) is 11.3 Å². The van der Waals surface area contributed by atoms with E-state index in [9.17, 15) is 9.18 Å². The molecular weight excluding hydrogens is 417 g/mol. The van der Waals surface area contributed by atoms with Crippen LogP contribution in [0.15, 0.2) is 51.9 Å². The lowest BCUT2D eigenvalue weighted by Gasteiger charge is -2.07. The van der Waals surface area contributed by atoms with Crippen molar-refractivity contribution in [1.29, 1.82) is 0 Å². The maximum absolute atomic E-state index is 13.1. The molecule has 0 atom stereocenters. The minimum Gasteiger partial charge on any atom is -0.496 e. The maximum atomic E-state index is 13.1. The van der Waals surface area contributed by atoms with Crippen LogP contribution in [-0.4, -0.2) is 29.5 Å². The number of aryl methyl sites for hydroxylation is 1. The largest absolute Gasteiger partial charge is 0.496 e. The molecule has 0 fully saturated rings. The second kappa shape index (κ2) is 8.77. The van der Waals surface area contributed by atoms with E-state index in [0.29, 0.717) is 36.5 Å². The summed E-state index contributed by atoms with van der Waals surface area (Å²) in [6.45, 7) is 0.425. The minimum atomic E-state index is -0.366. The zero-order chi connectivity index (χ0) is 19.2. The lowest BCUT2D eigenvalue weighted by Crippen LogP contribution is -2.25. The first-order valence-electron chi connectivity index (χ1n) is 8.23. The summed E-state index contributed by atoms with van der Waals surface area (Å²) in [6.07, 6.45) is 5.28. The molecule has 2 heterocycles. The SMILES string of the molecule is COc1ccc(-c2ocnc2C(=O)NCCCc2cncc(F)c2)cc1Br. The Morgan fingerprint density at radius 1 is 1.33 bits per heavy atom. The number of amides is 1. The molecule has 0 unspecified atom stereocenters. The molecule has 6 nitrogen and oxygen atoms in total. The highest BCUT2D eigenvalue weighted by Crippen LogP contribution is 2.31. The zero-order valence-electron chi connectivity index (χ0n) is 14.5. The topological polar surface area (TPSA) is 77.2 Å². The molecule has 0 aliphatic rings. The number of pyridine rings is 1. The van der Waals surface area contributed by atoms with Crippen molar-refractivity contribution >= 4 is 21.8 Å². The number of hydrogen-bond acceptors (Lipinski definition) is 5. The Morgan fingerprint density at radius 2 is 2.19 bits per heavy atom. The predicted molar refractivity (Wildman–Crippen MR) is 101 cm³/mol. The molecule has 2 aromatic heterocycles. The average Bonchev–Trinajstić information content (AvgIpc) is 3.15. The molecule has 3 aromatic rings. The highest BCUT2D eigenvalue weighted by Gasteiger charge is 2.18. The standard InChI is InChI=1S/C19H17BrFN3O3/c1-26-16-5-4-13(8-15(16)20)18-17(24-11-27-18)19(25)23-6-2-3-12-7-14(21)10-22-9-12/h4-5,7-11H,2-3,6H2,1H3,(H,23,25). The van der Waals surface area contributed by atoms with Gasteiger partial charge in [-0.3, -0.25) is 9.78 Å². The fourth-order valence-corrected chi connectivity index (χ4v) is 3.13. The summed E-state index contributed by atoms with van der Waals surface area (Å²) in [6, 6.07) is 6.80. The zero-order valence-corrected chi connectivity index (χ0v) is 16.1. The fraction of sp³-hybridized carbons (Fsp3) is 0.211. The second-order valence-electron chi connectivity index (χ2n) is 5.75. The number of aromatic nitrogens is 2. The summed E-state index contributed by atoms with van der Waals surface area (Å²) in [5.74, 6) is 0.360. The van der Waals surface area contributed by atoms with E-state index in [4.69, 9.17) is 9.15 Å². The monoisotopic (exact) mass is 433 g/mol. The number of rotatable bonds is 7. The average molecular weight is 434 g/mol. The van der Waals surface area contributed by atoms with Gasteiger partial charge in [-0.1, -0.05) is 0 Å². The molecule has 1 N–H and O–H groups in total. The molecule has 0 bridgehead atoms. The van der Waals surface area contributed by atoms with Crippen LogP contribution in [0.1, 0.15) is 22.5 Å². The first-order chi connectivity index (χ1) is 13.1. The summed E-state index contributed by atoms with van der Waals surface area (Å²) in [4.78, 5) is 20.3. The van der Waals surface area contributed by atoms with Gasteiger partial charge < -0.3 is 14.5 Å². The van der Waals surface area contributed by atoms with E-state index in [1.807, 2.05) is 0 Å². The van der Waals surface area contributed by atoms with E-state index in [1.54, 1.807) is 31.5 Å². The number of oxazole rings is 1. The molecule has 0 aliphatic carbocycles. The Morgan fingerprint density at radius 3 is 2.93 bits per heavy atom. The van der Waals surface area contributed by atoms with Gasteiger partial charge in [-0.05, 0) is 58.6 Å². The smallest absolute Gasteiger partial charge is 0.273 e. The number of halogens is 2. The van der Waals surface area contributed by atoms with Crippen LogP contribution in [-0.2, 0) is 6.42 Å². The molecule has 0 saturated carbocycles. The molecule has 0 spiro atoms. The molecule has 0 radical (unpaired) electrons. The Balaban J connectivity index is 1.61. The molecule has 0 aliphatic heterocycles. The summed E-state index contributed by atoms with van der Waals surface area (Å²) < 4.78 is 24.5. The third-order valence-electron chi connectivity index (χ3n) is 3.89. The second-order valence-corrected chi connectivity index (χ2v) is 6.60. The quantitative estimate of drug-likeness (QED) is 0.569. The van der Waals surface area contributed by atoms with Crippen LogP contribution in [0.4, 0.5) is 4.39 Å². The van der Waals surface area contributed by atoms with E-state index in [-0.39, 0.29) is 17.4 Å². The van der Waals surface area contributed by atoms with E-state index in [1.165, 1.54) is 12.5 Å². The molecule has 27 heavy (non-hydrogen) atoms. The van der Waals surface area contributed by atoms with Crippen LogP contribution >= 0.6 is 15.9 Å². The van der Waals surface area contributed by atoms with Gasteiger partial charge in [-0.25, -0.2) is 9.37 Å². The number of ether oxygens (including phenoxy) is 1. The van der Waals surface area contributed by atoms with Crippen molar-refractivity contribution in [3.63, 3.8) is 0 Å². The van der Waals surface area contributed by atoms with E-state index >= 15 is 0 Å². The predicted octanol–water partition coefficient (Wildman–Crippen LogP) is 4.01. The number of nitrogens with zero attached hydrogens (tertiary/aromatic N) is 2. The van der Waals surface area contributed by atoms with Crippen LogP contribution < -0.4 is 10.1 Å². The Kier molecular flexibility index (Phi) is 6.18. The summed E-state index contributed by atoms with van der Waals surface area (Å²) in [5, 5.41) is 2.81. The van der Waals surface area contributed by atoms with Crippen molar-refractivity contribution in [1.82, 2.24) is 15.3 Å². The van der Waals surface area contributed by atoms with Crippen LogP contribution in [0.3, 0.4) is 0 Å². The normalized spacial score (nSPS) is 10.6. The van der Waals surface area contributed by atoms with Crippen LogP contribution in [0.5, 0.6) is 5.75 Å². The molecule has 1 amide bonds. The fourth-order valence-electron chi connectivity index (χ4n) is 2.59. The van der Waals surface area contributed by atoms with Crippen molar-refractivity contribution in [2.75, 3.05) is 13.7 Å². The van der Waals surface area contributed by atoms with E-state index < -0.39 is 0 Å². The number of methoxy groups -OCH3 is 1. The van der Waals surface area contributed by atoms with Gasteiger partial charge in [0.15, 0.2) is 17.8 Å². The number of carbonyl (C=O) groups is 1. The van der Waals surface area contributed by atoms with Gasteiger partial charge in [0.25, 0.3) is 5.91 Å².